The van der Waals surface area contributed by atoms with Crippen molar-refractivity contribution in [2.24, 2.45) is 33.7 Å². The molecular weight excluding hydrogens is 637 g/mol. The minimum absolute atomic E-state index is 0.0294. The highest BCUT2D eigenvalue weighted by Gasteiger charge is 2.54. The molecule has 51 heavy (non-hydrogen) atoms. The number of nitrogens with one attached hydrogen (secondary N) is 3. The summed E-state index contributed by atoms with van der Waals surface area (Å²) in [7, 11) is 47.9. The van der Waals surface area contributed by atoms with Gasteiger partial charge in [-0.2, -0.15) is 0 Å². The first-order valence-corrected chi connectivity index (χ1v) is 15.7. The average molecular weight is 674 g/mol. The minimum Gasteiger partial charge on any atom is -0.370 e. The van der Waals surface area contributed by atoms with Crippen LogP contribution in [-0.2, 0) is 32.0 Å². The standard InChI is InChI=1S/C30H37B8N9O4/c31-27(32,28(33,34)29(35,36)30(37,38)43)21(22(40)48)47-25(51)20(15-17-10-5-2-6-11-17)46-24(50)19(12-7-13-44-26(41)42)45-23(49)18(39)14-16-8-3-1-4-9-16/h1-6,8-11,18-21H,7,12-15,39,43H2,(H2,40,48)(H,45,49)(H,46,50)(H,47,51)(H4,41,42,44)/t18-,19+,20-,21?/m0/s1. The molecule has 2 rings (SSSR count). The summed E-state index contributed by atoms with van der Waals surface area (Å²) in [6.07, 6.45) is 0.312. The van der Waals surface area contributed by atoms with Gasteiger partial charge in [-0.25, -0.2) is 0 Å². The van der Waals surface area contributed by atoms with Crippen molar-refractivity contribution < 1.29 is 19.2 Å². The normalized spacial score (nSPS) is 14.5. The van der Waals surface area contributed by atoms with Crippen molar-refractivity contribution in [3.05, 3.63) is 71.8 Å². The lowest BCUT2D eigenvalue weighted by Crippen LogP contribution is -2.66. The monoisotopic (exact) mass is 675 g/mol. The fourth-order valence-corrected chi connectivity index (χ4v) is 4.97. The number of benzene rings is 2. The lowest BCUT2D eigenvalue weighted by molar-refractivity contribution is -0.133. The molecule has 2 aromatic carbocycles. The van der Waals surface area contributed by atoms with Crippen LogP contribution in [0.3, 0.4) is 0 Å². The molecule has 0 aromatic heterocycles. The van der Waals surface area contributed by atoms with Gasteiger partial charge in [-0.15, -0.1) is 10.4 Å². The smallest absolute Gasteiger partial charge is 0.243 e. The van der Waals surface area contributed by atoms with Crippen molar-refractivity contribution in [1.82, 2.24) is 16.0 Å². The average Bonchev–Trinajstić information content (AvgIpc) is 3.04. The molecule has 13 N–H and O–H groups in total. The van der Waals surface area contributed by atoms with E-state index >= 15 is 0 Å². The Morgan fingerprint density at radius 1 is 0.667 bits per heavy atom. The van der Waals surface area contributed by atoms with Gasteiger partial charge in [0.2, 0.25) is 23.6 Å². The Kier molecular flexibility index (Phi) is 15.2. The van der Waals surface area contributed by atoms with Crippen molar-refractivity contribution in [1.29, 1.82) is 0 Å². The highest BCUT2D eigenvalue weighted by Crippen LogP contribution is 2.60. The lowest BCUT2D eigenvalue weighted by Gasteiger charge is -2.63. The zero-order valence-electron chi connectivity index (χ0n) is 28.2. The van der Waals surface area contributed by atoms with E-state index < -0.39 is 68.8 Å². The van der Waals surface area contributed by atoms with E-state index in [1.54, 1.807) is 54.6 Å². The molecule has 13 nitrogen and oxygen atoms in total. The number of guanidine groups is 1. The third kappa shape index (κ3) is 11.5. The number of primary amides is 1. The number of amides is 4. The second kappa shape index (κ2) is 18.0. The summed E-state index contributed by atoms with van der Waals surface area (Å²) in [5, 5.41) is -3.22. The highest BCUT2D eigenvalue weighted by atomic mass is 16.2. The molecule has 4 amide bonds. The van der Waals surface area contributed by atoms with Crippen LogP contribution in [0.25, 0.3) is 0 Å². The van der Waals surface area contributed by atoms with Gasteiger partial charge in [0.15, 0.2) is 5.96 Å². The summed E-state index contributed by atoms with van der Waals surface area (Å²) >= 11 is 0. The van der Waals surface area contributed by atoms with Crippen LogP contribution in [0.5, 0.6) is 0 Å². The molecule has 0 saturated carbocycles. The quantitative estimate of drug-likeness (QED) is 0.0310. The molecular formula is C30H37B8N9O4. The van der Waals surface area contributed by atoms with Crippen molar-refractivity contribution in [2.45, 2.75) is 70.8 Å². The number of hydrogen-bond acceptors (Lipinski definition) is 7. The van der Waals surface area contributed by atoms with Crippen LogP contribution >= 0.6 is 0 Å². The molecule has 0 aliphatic heterocycles. The second-order valence-corrected chi connectivity index (χ2v) is 12.5. The molecule has 0 saturated heterocycles. The van der Waals surface area contributed by atoms with Gasteiger partial charge in [-0.05, 0) is 30.4 Å². The number of nitrogens with zero attached hydrogens (tertiary/aromatic N) is 1. The fraction of sp³-hybridized carbons (Fsp3) is 0.433. The zero-order chi connectivity index (χ0) is 38.8. The van der Waals surface area contributed by atoms with Crippen LogP contribution in [-0.4, -0.2) is 128 Å². The zero-order valence-corrected chi connectivity index (χ0v) is 28.2. The van der Waals surface area contributed by atoms with Gasteiger partial charge in [-0.3, -0.25) is 24.2 Å². The Bertz CT molecular complexity index is 1530. The predicted molar refractivity (Wildman–Crippen MR) is 204 cm³/mol. The molecule has 250 valence electrons. The van der Waals surface area contributed by atoms with E-state index in [1.807, 2.05) is 6.07 Å². The summed E-state index contributed by atoms with van der Waals surface area (Å²) in [4.78, 5) is 57.5. The van der Waals surface area contributed by atoms with E-state index in [0.717, 1.165) is 5.56 Å². The van der Waals surface area contributed by atoms with Gasteiger partial charge < -0.3 is 44.6 Å². The SMILES string of the molecule is [B]C([B])(N)C([B])([B])C([B])([B])C([B])([B])C(NC(=O)[C@H](Cc1ccccc1)NC(=O)[C@@H](CCCN=C(N)N)NC(=O)[C@@H](N)Cc1ccccc1)C(N)=O. The molecule has 16 radical (unpaired) electrons. The van der Waals surface area contributed by atoms with Gasteiger partial charge in [-0.1, -0.05) is 71.2 Å². The summed E-state index contributed by atoms with van der Waals surface area (Å²) in [5.74, 6) is -3.96. The van der Waals surface area contributed by atoms with Gasteiger partial charge in [0.1, 0.15) is 12.1 Å². The van der Waals surface area contributed by atoms with E-state index in [0.29, 0.717) is 5.56 Å². The fourth-order valence-electron chi connectivity index (χ4n) is 4.97. The first-order valence-electron chi connectivity index (χ1n) is 15.7. The van der Waals surface area contributed by atoms with E-state index in [4.69, 9.17) is 91.4 Å². The van der Waals surface area contributed by atoms with Crippen LogP contribution in [0.4, 0.5) is 0 Å². The Balaban J connectivity index is 2.44. The Labute approximate surface area is 309 Å². The van der Waals surface area contributed by atoms with E-state index in [9.17, 15) is 19.2 Å². The highest BCUT2D eigenvalue weighted by molar-refractivity contribution is 6.66. The molecule has 0 fully saturated rings. The summed E-state index contributed by atoms with van der Waals surface area (Å²) in [6.45, 7) is 0.126. The lowest BCUT2D eigenvalue weighted by atomic mass is 9.11. The van der Waals surface area contributed by atoms with Gasteiger partial charge in [0, 0.05) is 13.0 Å². The first kappa shape index (κ1) is 43.2. The van der Waals surface area contributed by atoms with Crippen molar-refractivity contribution in [2.75, 3.05) is 6.54 Å². The minimum atomic E-state index is -2.79. The van der Waals surface area contributed by atoms with Crippen LogP contribution in [0.2, 0.25) is 15.6 Å². The van der Waals surface area contributed by atoms with Crippen LogP contribution < -0.4 is 44.6 Å². The molecule has 0 bridgehead atoms. The van der Waals surface area contributed by atoms with Crippen molar-refractivity contribution >= 4 is 92.4 Å². The number of carbonyl (C=O) groups is 4. The molecule has 4 atom stereocenters. The third-order valence-electron chi connectivity index (χ3n) is 8.30. The molecule has 2 aromatic rings. The van der Waals surface area contributed by atoms with Crippen LogP contribution in [0.15, 0.2) is 65.7 Å². The predicted octanol–water partition coefficient (Wildman–Crippen LogP) is -4.90. The summed E-state index contributed by atoms with van der Waals surface area (Å²) < 4.78 is 0. The number of rotatable bonds is 19. The largest absolute Gasteiger partial charge is 0.370 e. The summed E-state index contributed by atoms with van der Waals surface area (Å²) in [5.41, 5.74) is 29.6. The van der Waals surface area contributed by atoms with Crippen molar-refractivity contribution in [3.8, 4) is 0 Å². The van der Waals surface area contributed by atoms with Crippen molar-refractivity contribution in [3.63, 3.8) is 0 Å². The topological polar surface area (TPSA) is 247 Å². The van der Waals surface area contributed by atoms with Gasteiger partial charge in [0.25, 0.3) is 0 Å². The third-order valence-corrected chi connectivity index (χ3v) is 8.30. The van der Waals surface area contributed by atoms with E-state index in [1.165, 1.54) is 0 Å². The molecule has 1 unspecified atom stereocenters. The molecule has 0 heterocycles. The molecule has 0 spiro atoms. The maximum Gasteiger partial charge on any atom is 0.243 e. The second-order valence-electron chi connectivity index (χ2n) is 12.5. The molecule has 21 heteroatoms. The van der Waals surface area contributed by atoms with Gasteiger partial charge >= 0.3 is 0 Å². The number of carbonyl (C=O) groups excluding carboxylic acids is 4. The summed E-state index contributed by atoms with van der Waals surface area (Å²) in [6, 6.07) is 11.7. The number of nitrogens with two attached hydrogens (primary N) is 5. The van der Waals surface area contributed by atoms with Crippen LogP contribution in [0.1, 0.15) is 24.0 Å². The maximum absolute atomic E-state index is 13.9. The molecule has 0 aliphatic carbocycles. The molecule has 0 aliphatic rings. The van der Waals surface area contributed by atoms with Crippen LogP contribution in [0, 0.1) is 0 Å². The number of hydrogen-bond donors (Lipinski definition) is 8. The number of aliphatic imine (C=N–C) groups is 1. The van der Waals surface area contributed by atoms with E-state index in [-0.39, 0.29) is 38.2 Å². The Hall–Kier alpha value is -3.97. The first-order chi connectivity index (χ1) is 23.5. The Morgan fingerprint density at radius 3 is 1.61 bits per heavy atom. The van der Waals surface area contributed by atoms with E-state index in [2.05, 4.69) is 20.9 Å². The van der Waals surface area contributed by atoms with Gasteiger partial charge in [0.05, 0.1) is 74.9 Å². The maximum atomic E-state index is 13.9. The Morgan fingerprint density at radius 2 is 1.14 bits per heavy atom.